The Labute approximate surface area is 88.3 Å². The molecule has 0 radical (unpaired) electrons. The normalized spacial score (nSPS) is 15.6. The monoisotopic (exact) mass is 199 g/mol. The van der Waals surface area contributed by atoms with Gasteiger partial charge in [-0.25, -0.2) is 0 Å². The molecule has 0 aliphatic heterocycles. The van der Waals surface area contributed by atoms with Crippen molar-refractivity contribution in [1.82, 2.24) is 0 Å². The molecule has 0 aliphatic carbocycles. The van der Waals surface area contributed by atoms with E-state index in [2.05, 4.69) is 13.8 Å². The zero-order chi connectivity index (χ0) is 11.1. The molecule has 0 amide bonds. The number of ketones is 1. The summed E-state index contributed by atoms with van der Waals surface area (Å²) >= 11 is 0. The largest absolute Gasteiger partial charge is 0.322 e. The van der Waals surface area contributed by atoms with Gasteiger partial charge in [-0.3, -0.25) is 4.79 Å². The average Bonchev–Trinajstić information content (AvgIpc) is 2.15. The molecule has 0 aromatic heterocycles. The van der Waals surface area contributed by atoms with E-state index in [1.54, 1.807) is 6.92 Å². The van der Waals surface area contributed by atoms with Gasteiger partial charge in [0, 0.05) is 5.92 Å². The summed E-state index contributed by atoms with van der Waals surface area (Å²) in [5.74, 6) is 0.885. The topological polar surface area (TPSA) is 43.1 Å². The van der Waals surface area contributed by atoms with Crippen LogP contribution in [0.4, 0.5) is 0 Å². The van der Waals surface area contributed by atoms with Gasteiger partial charge in [-0.1, -0.05) is 46.5 Å². The third-order valence-corrected chi connectivity index (χ3v) is 2.92. The van der Waals surface area contributed by atoms with Crippen LogP contribution in [0.2, 0.25) is 0 Å². The van der Waals surface area contributed by atoms with Gasteiger partial charge in [0.05, 0.1) is 6.04 Å². The predicted octanol–water partition coefficient (Wildman–Crippen LogP) is 2.76. The molecule has 2 unspecified atom stereocenters. The molecule has 2 atom stereocenters. The molecule has 0 spiro atoms. The first kappa shape index (κ1) is 13.6. The van der Waals surface area contributed by atoms with Crippen molar-refractivity contribution in [3.05, 3.63) is 0 Å². The summed E-state index contributed by atoms with van der Waals surface area (Å²) in [5, 5.41) is 0. The predicted molar refractivity (Wildman–Crippen MR) is 61.1 cm³/mol. The highest BCUT2D eigenvalue weighted by Gasteiger charge is 2.24. The molecule has 2 nitrogen and oxygen atoms in total. The van der Waals surface area contributed by atoms with Gasteiger partial charge >= 0.3 is 0 Å². The lowest BCUT2D eigenvalue weighted by atomic mass is 9.82. The highest BCUT2D eigenvalue weighted by Crippen LogP contribution is 2.24. The highest BCUT2D eigenvalue weighted by atomic mass is 16.1. The molecule has 14 heavy (non-hydrogen) atoms. The van der Waals surface area contributed by atoms with E-state index in [1.165, 1.54) is 0 Å². The Kier molecular flexibility index (Phi) is 6.81. The number of hydrogen-bond acceptors (Lipinski definition) is 2. The minimum atomic E-state index is -0.304. The average molecular weight is 199 g/mol. The van der Waals surface area contributed by atoms with Gasteiger partial charge in [0.15, 0.2) is 5.78 Å². The molecule has 0 aliphatic rings. The summed E-state index contributed by atoms with van der Waals surface area (Å²) in [6, 6.07) is -0.304. The maximum atomic E-state index is 11.7. The van der Waals surface area contributed by atoms with Crippen molar-refractivity contribution < 1.29 is 4.79 Å². The molecule has 0 rings (SSSR count). The van der Waals surface area contributed by atoms with Gasteiger partial charge in [0.25, 0.3) is 0 Å². The van der Waals surface area contributed by atoms with Crippen molar-refractivity contribution in [2.45, 2.75) is 59.4 Å². The molecule has 0 bridgehead atoms. The third-order valence-electron chi connectivity index (χ3n) is 2.92. The Hall–Kier alpha value is -0.370. The van der Waals surface area contributed by atoms with Crippen LogP contribution in [0.5, 0.6) is 0 Å². The molecule has 0 aromatic carbocycles. The number of carbonyl (C=O) groups excluding carboxylic acids is 1. The van der Waals surface area contributed by atoms with Crippen molar-refractivity contribution in [2.75, 3.05) is 0 Å². The lowest BCUT2D eigenvalue weighted by molar-refractivity contribution is -0.125. The maximum Gasteiger partial charge on any atom is 0.152 e. The van der Waals surface area contributed by atoms with Crippen molar-refractivity contribution in [2.24, 2.45) is 17.6 Å². The van der Waals surface area contributed by atoms with Gasteiger partial charge in [0.2, 0.25) is 0 Å². The van der Waals surface area contributed by atoms with E-state index in [0.29, 0.717) is 5.92 Å². The number of nitrogens with two attached hydrogens (primary N) is 1. The van der Waals surface area contributed by atoms with E-state index in [9.17, 15) is 4.79 Å². The number of hydrogen-bond donors (Lipinski definition) is 1. The number of Topliss-reactive ketones (excluding diaryl/α,β-unsaturated/α-hetero) is 1. The lowest BCUT2D eigenvalue weighted by Gasteiger charge is -2.23. The fraction of sp³-hybridized carbons (Fsp3) is 0.917. The van der Waals surface area contributed by atoms with E-state index >= 15 is 0 Å². The molecule has 0 saturated heterocycles. The summed E-state index contributed by atoms with van der Waals surface area (Å²) in [6.07, 6.45) is 4.60. The maximum absolute atomic E-state index is 11.7. The van der Waals surface area contributed by atoms with E-state index in [4.69, 9.17) is 5.73 Å². The van der Waals surface area contributed by atoms with Crippen LogP contribution in [0.15, 0.2) is 0 Å². The zero-order valence-electron chi connectivity index (χ0n) is 10.0. The highest BCUT2D eigenvalue weighted by molar-refractivity contribution is 5.85. The SMILES string of the molecule is CCCC(CCC)C(C)C(=O)C(C)N. The van der Waals surface area contributed by atoms with Crippen LogP contribution >= 0.6 is 0 Å². The fourth-order valence-corrected chi connectivity index (χ4v) is 2.03. The quantitative estimate of drug-likeness (QED) is 0.685. The molecular weight excluding hydrogens is 174 g/mol. The lowest BCUT2D eigenvalue weighted by Crippen LogP contribution is -2.35. The van der Waals surface area contributed by atoms with Gasteiger partial charge in [-0.05, 0) is 12.8 Å². The van der Waals surface area contributed by atoms with Gasteiger partial charge in [-0.15, -0.1) is 0 Å². The van der Waals surface area contributed by atoms with Gasteiger partial charge in [-0.2, -0.15) is 0 Å². The van der Waals surface area contributed by atoms with E-state index in [-0.39, 0.29) is 17.7 Å². The van der Waals surface area contributed by atoms with Crippen LogP contribution in [0.25, 0.3) is 0 Å². The first-order chi connectivity index (χ1) is 6.54. The van der Waals surface area contributed by atoms with E-state index in [0.717, 1.165) is 25.7 Å². The molecule has 0 saturated carbocycles. The Morgan fingerprint density at radius 1 is 1.14 bits per heavy atom. The standard InChI is InChI=1S/C12H25NO/c1-5-7-11(8-6-2)9(3)12(14)10(4)13/h9-11H,5-8,13H2,1-4H3. The van der Waals surface area contributed by atoms with Crippen molar-refractivity contribution in [3.63, 3.8) is 0 Å². The number of carbonyl (C=O) groups is 1. The Balaban J connectivity index is 4.26. The minimum Gasteiger partial charge on any atom is -0.322 e. The first-order valence-electron chi connectivity index (χ1n) is 5.83. The first-order valence-corrected chi connectivity index (χ1v) is 5.83. The fourth-order valence-electron chi connectivity index (χ4n) is 2.03. The van der Waals surface area contributed by atoms with Crippen molar-refractivity contribution >= 4 is 5.78 Å². The van der Waals surface area contributed by atoms with Gasteiger partial charge < -0.3 is 5.73 Å². The molecule has 84 valence electrons. The van der Waals surface area contributed by atoms with Crippen LogP contribution in [0, 0.1) is 11.8 Å². The summed E-state index contributed by atoms with van der Waals surface area (Å²) in [4.78, 5) is 11.7. The second kappa shape index (κ2) is 6.99. The zero-order valence-corrected chi connectivity index (χ0v) is 10.0. The smallest absolute Gasteiger partial charge is 0.152 e. The van der Waals surface area contributed by atoms with E-state index < -0.39 is 0 Å². The Bertz CT molecular complexity index is 160. The van der Waals surface area contributed by atoms with Crippen molar-refractivity contribution in [1.29, 1.82) is 0 Å². The Morgan fingerprint density at radius 3 is 1.86 bits per heavy atom. The summed E-state index contributed by atoms with van der Waals surface area (Å²) in [7, 11) is 0. The van der Waals surface area contributed by atoms with Crippen LogP contribution in [0.3, 0.4) is 0 Å². The molecule has 0 aromatic rings. The second-order valence-electron chi connectivity index (χ2n) is 4.32. The van der Waals surface area contributed by atoms with Gasteiger partial charge in [0.1, 0.15) is 0 Å². The summed E-state index contributed by atoms with van der Waals surface area (Å²) in [5.41, 5.74) is 5.62. The molecule has 0 fully saturated rings. The summed E-state index contributed by atoms with van der Waals surface area (Å²) < 4.78 is 0. The van der Waals surface area contributed by atoms with E-state index in [1.807, 2.05) is 6.92 Å². The minimum absolute atomic E-state index is 0.134. The third kappa shape index (κ3) is 4.23. The Morgan fingerprint density at radius 2 is 1.57 bits per heavy atom. The molecule has 0 heterocycles. The molecule has 2 N–H and O–H groups in total. The van der Waals surface area contributed by atoms with Crippen LogP contribution < -0.4 is 5.73 Å². The van der Waals surface area contributed by atoms with Crippen LogP contribution in [-0.4, -0.2) is 11.8 Å². The molecular formula is C12H25NO. The summed E-state index contributed by atoms with van der Waals surface area (Å²) in [6.45, 7) is 8.16. The molecule has 2 heteroatoms. The van der Waals surface area contributed by atoms with Crippen LogP contribution in [0.1, 0.15) is 53.4 Å². The van der Waals surface area contributed by atoms with Crippen LogP contribution in [-0.2, 0) is 4.79 Å². The van der Waals surface area contributed by atoms with Crippen molar-refractivity contribution in [3.8, 4) is 0 Å². The number of rotatable bonds is 7. The second-order valence-corrected chi connectivity index (χ2v) is 4.32.